The first kappa shape index (κ1) is 15.6. The van der Waals surface area contributed by atoms with Crippen LogP contribution >= 0.6 is 11.3 Å². The molecular formula is C18H17N5OS. The summed E-state index contributed by atoms with van der Waals surface area (Å²) in [5.41, 5.74) is 3.01. The Labute approximate surface area is 149 Å². The van der Waals surface area contributed by atoms with Gasteiger partial charge in [0.15, 0.2) is 11.5 Å². The topological polar surface area (TPSA) is 64.3 Å². The van der Waals surface area contributed by atoms with E-state index < -0.39 is 0 Å². The number of hydrogen-bond acceptors (Lipinski definition) is 6. The van der Waals surface area contributed by atoms with Gasteiger partial charge in [-0.05, 0) is 47.7 Å². The zero-order valence-corrected chi connectivity index (χ0v) is 14.5. The van der Waals surface area contributed by atoms with E-state index in [1.165, 1.54) is 5.56 Å². The molecule has 0 amide bonds. The third-order valence-corrected chi connectivity index (χ3v) is 4.60. The third kappa shape index (κ3) is 3.32. The van der Waals surface area contributed by atoms with Gasteiger partial charge >= 0.3 is 0 Å². The quantitative estimate of drug-likeness (QED) is 0.576. The zero-order valence-electron chi connectivity index (χ0n) is 13.7. The fourth-order valence-corrected chi connectivity index (χ4v) is 3.22. The van der Waals surface area contributed by atoms with Gasteiger partial charge in [0.05, 0.1) is 7.11 Å². The summed E-state index contributed by atoms with van der Waals surface area (Å²) in [6.07, 6.45) is 0.906. The second-order valence-electron chi connectivity index (χ2n) is 5.55. The Kier molecular flexibility index (Phi) is 4.30. The summed E-state index contributed by atoms with van der Waals surface area (Å²) in [4.78, 5) is 0. The molecule has 0 atom stereocenters. The lowest BCUT2D eigenvalue weighted by Crippen LogP contribution is -2.08. The Morgan fingerprint density at radius 1 is 1.08 bits per heavy atom. The molecule has 3 aromatic heterocycles. The summed E-state index contributed by atoms with van der Waals surface area (Å²) in [6, 6.07) is 14.0. The second-order valence-corrected chi connectivity index (χ2v) is 6.33. The first-order valence-corrected chi connectivity index (χ1v) is 8.89. The van der Waals surface area contributed by atoms with Gasteiger partial charge in [0.25, 0.3) is 0 Å². The monoisotopic (exact) mass is 351 g/mol. The van der Waals surface area contributed by atoms with Gasteiger partial charge in [0, 0.05) is 17.5 Å². The van der Waals surface area contributed by atoms with Gasteiger partial charge in [-0.1, -0.05) is 12.1 Å². The molecule has 0 fully saturated rings. The van der Waals surface area contributed by atoms with E-state index >= 15 is 0 Å². The predicted molar refractivity (Wildman–Crippen MR) is 99.3 cm³/mol. The first-order chi connectivity index (χ1) is 12.3. The van der Waals surface area contributed by atoms with Crippen molar-refractivity contribution >= 4 is 22.8 Å². The summed E-state index contributed by atoms with van der Waals surface area (Å²) in [6.45, 7) is 0.792. The van der Waals surface area contributed by atoms with Crippen LogP contribution in [0.3, 0.4) is 0 Å². The minimum Gasteiger partial charge on any atom is -0.497 e. The summed E-state index contributed by atoms with van der Waals surface area (Å²) < 4.78 is 6.95. The lowest BCUT2D eigenvalue weighted by Gasteiger charge is -2.07. The number of fused-ring (bicyclic) bond motifs is 1. The molecular weight excluding hydrogens is 334 g/mol. The number of thiophene rings is 1. The van der Waals surface area contributed by atoms with E-state index in [1.54, 1.807) is 23.0 Å². The van der Waals surface area contributed by atoms with Crippen molar-refractivity contribution in [1.82, 2.24) is 19.8 Å². The van der Waals surface area contributed by atoms with Crippen molar-refractivity contribution < 1.29 is 4.74 Å². The van der Waals surface area contributed by atoms with E-state index in [1.807, 2.05) is 41.1 Å². The SMILES string of the molecule is COc1ccc(CCNc2ccc3nnc(-c4ccsc4)n3n2)cc1. The fourth-order valence-electron chi connectivity index (χ4n) is 2.58. The molecule has 0 saturated heterocycles. The molecule has 1 aromatic carbocycles. The Hall–Kier alpha value is -2.93. The van der Waals surface area contributed by atoms with E-state index in [0.717, 1.165) is 41.6 Å². The molecule has 0 radical (unpaired) electrons. The van der Waals surface area contributed by atoms with Gasteiger partial charge in [0.1, 0.15) is 11.6 Å². The van der Waals surface area contributed by atoms with Crippen LogP contribution in [0.1, 0.15) is 5.56 Å². The Balaban J connectivity index is 1.47. The lowest BCUT2D eigenvalue weighted by molar-refractivity contribution is 0.414. The molecule has 0 bridgehead atoms. The normalized spacial score (nSPS) is 10.9. The second kappa shape index (κ2) is 6.90. The Morgan fingerprint density at radius 2 is 1.96 bits per heavy atom. The largest absolute Gasteiger partial charge is 0.497 e. The van der Waals surface area contributed by atoms with Crippen LogP contribution in [0.15, 0.2) is 53.2 Å². The molecule has 0 aliphatic rings. The standard InChI is InChI=1S/C18H17N5OS/c1-24-15-4-2-13(3-5-15)8-10-19-16-6-7-17-20-21-18(23(17)22-16)14-9-11-25-12-14/h2-7,9,11-12H,8,10H2,1H3,(H,19,22). The molecule has 0 saturated carbocycles. The number of hydrogen-bond donors (Lipinski definition) is 1. The fraction of sp³-hybridized carbons (Fsp3) is 0.167. The molecule has 25 heavy (non-hydrogen) atoms. The highest BCUT2D eigenvalue weighted by Crippen LogP contribution is 2.21. The number of benzene rings is 1. The van der Waals surface area contributed by atoms with Crippen LogP contribution in [0, 0.1) is 0 Å². The van der Waals surface area contributed by atoms with Crippen LogP contribution in [0.5, 0.6) is 5.75 Å². The van der Waals surface area contributed by atoms with Gasteiger partial charge in [-0.2, -0.15) is 15.9 Å². The number of anilines is 1. The van der Waals surface area contributed by atoms with E-state index in [0.29, 0.717) is 0 Å². The summed E-state index contributed by atoms with van der Waals surface area (Å²) in [5, 5.41) is 20.5. The molecule has 7 heteroatoms. The minimum atomic E-state index is 0.738. The number of aromatic nitrogens is 4. The predicted octanol–water partition coefficient (Wildman–Crippen LogP) is 3.52. The molecule has 0 aliphatic heterocycles. The van der Waals surface area contributed by atoms with Gasteiger partial charge in [-0.3, -0.25) is 0 Å². The number of nitrogens with zero attached hydrogens (tertiary/aromatic N) is 4. The van der Waals surface area contributed by atoms with Crippen molar-refractivity contribution in [2.24, 2.45) is 0 Å². The molecule has 0 spiro atoms. The average molecular weight is 351 g/mol. The van der Waals surface area contributed by atoms with Crippen molar-refractivity contribution in [2.45, 2.75) is 6.42 Å². The molecule has 3 heterocycles. The third-order valence-electron chi connectivity index (χ3n) is 3.92. The average Bonchev–Trinajstić information content (AvgIpc) is 3.31. The highest BCUT2D eigenvalue weighted by molar-refractivity contribution is 7.08. The summed E-state index contributed by atoms with van der Waals surface area (Å²) in [7, 11) is 1.67. The minimum absolute atomic E-state index is 0.738. The van der Waals surface area contributed by atoms with E-state index in [4.69, 9.17) is 4.74 Å². The van der Waals surface area contributed by atoms with Gasteiger partial charge in [0.2, 0.25) is 0 Å². The Bertz CT molecular complexity index is 963. The van der Waals surface area contributed by atoms with Crippen molar-refractivity contribution in [3.8, 4) is 17.1 Å². The maximum Gasteiger partial charge on any atom is 0.186 e. The maximum atomic E-state index is 5.18. The van der Waals surface area contributed by atoms with Crippen molar-refractivity contribution in [3.05, 3.63) is 58.8 Å². The molecule has 0 aliphatic carbocycles. The summed E-state index contributed by atoms with van der Waals surface area (Å²) in [5.74, 6) is 2.43. The number of rotatable bonds is 6. The van der Waals surface area contributed by atoms with E-state index in [2.05, 4.69) is 32.7 Å². The molecule has 4 rings (SSSR count). The number of nitrogens with one attached hydrogen (secondary N) is 1. The van der Waals surface area contributed by atoms with Crippen molar-refractivity contribution in [1.29, 1.82) is 0 Å². The first-order valence-electron chi connectivity index (χ1n) is 7.95. The van der Waals surface area contributed by atoms with Gasteiger partial charge in [-0.25, -0.2) is 0 Å². The zero-order chi connectivity index (χ0) is 17.1. The van der Waals surface area contributed by atoms with Crippen LogP contribution in [0.2, 0.25) is 0 Å². The summed E-state index contributed by atoms with van der Waals surface area (Å²) >= 11 is 1.63. The number of ether oxygens (including phenoxy) is 1. The van der Waals surface area contributed by atoms with Gasteiger partial charge < -0.3 is 10.1 Å². The lowest BCUT2D eigenvalue weighted by atomic mass is 10.1. The van der Waals surface area contributed by atoms with E-state index in [9.17, 15) is 0 Å². The Morgan fingerprint density at radius 3 is 2.72 bits per heavy atom. The van der Waals surface area contributed by atoms with Crippen LogP contribution < -0.4 is 10.1 Å². The van der Waals surface area contributed by atoms with Crippen molar-refractivity contribution in [2.75, 3.05) is 19.0 Å². The smallest absolute Gasteiger partial charge is 0.186 e. The molecule has 126 valence electrons. The van der Waals surface area contributed by atoms with Gasteiger partial charge in [-0.15, -0.1) is 15.3 Å². The van der Waals surface area contributed by atoms with Crippen molar-refractivity contribution in [3.63, 3.8) is 0 Å². The van der Waals surface area contributed by atoms with Crippen LogP contribution in [0.4, 0.5) is 5.82 Å². The highest BCUT2D eigenvalue weighted by atomic mass is 32.1. The molecule has 1 N–H and O–H groups in total. The molecule has 0 unspecified atom stereocenters. The maximum absolute atomic E-state index is 5.18. The molecule has 4 aromatic rings. The number of methoxy groups -OCH3 is 1. The van der Waals surface area contributed by atoms with E-state index in [-0.39, 0.29) is 0 Å². The van der Waals surface area contributed by atoms with Crippen LogP contribution in [-0.2, 0) is 6.42 Å². The van der Waals surface area contributed by atoms with Crippen LogP contribution in [-0.4, -0.2) is 33.5 Å². The highest BCUT2D eigenvalue weighted by Gasteiger charge is 2.10. The molecule has 6 nitrogen and oxygen atoms in total. The van der Waals surface area contributed by atoms with Crippen LogP contribution in [0.25, 0.3) is 17.0 Å².